The Hall–Kier alpha value is -0.770. The second kappa shape index (κ2) is 8.81. The Balaban J connectivity index is 3.49. The maximum absolute atomic E-state index is 5.26. The monoisotopic (exact) mass is 200 g/mol. The van der Waals surface area contributed by atoms with Gasteiger partial charge in [-0.2, -0.15) is 0 Å². The van der Waals surface area contributed by atoms with Crippen molar-refractivity contribution in [3.05, 3.63) is 0 Å². The summed E-state index contributed by atoms with van der Waals surface area (Å²) in [5.41, 5.74) is 2.52. The predicted molar refractivity (Wildman–Crippen MR) is 62.0 cm³/mol. The highest BCUT2D eigenvalue weighted by molar-refractivity contribution is 5.79. The average molecular weight is 200 g/mol. The first kappa shape index (κ1) is 13.2. The largest absolute Gasteiger partial charge is 0.353 e. The Morgan fingerprint density at radius 2 is 2.07 bits per heavy atom. The lowest BCUT2D eigenvalue weighted by atomic mass is 10.1. The van der Waals surface area contributed by atoms with E-state index in [1.807, 2.05) is 0 Å². The minimum atomic E-state index is 0.432. The fraction of sp³-hybridized carbons (Fsp3) is 0.900. The molecule has 0 saturated heterocycles. The third-order valence-corrected chi connectivity index (χ3v) is 2.23. The number of nitrogens with zero attached hydrogens (tertiary/aromatic N) is 1. The molecule has 1 atom stereocenters. The summed E-state index contributed by atoms with van der Waals surface area (Å²) >= 11 is 0. The van der Waals surface area contributed by atoms with Crippen LogP contribution in [0.3, 0.4) is 0 Å². The summed E-state index contributed by atoms with van der Waals surface area (Å²) in [6, 6.07) is 0.432. The molecule has 0 aliphatic heterocycles. The van der Waals surface area contributed by atoms with Crippen molar-refractivity contribution in [2.75, 3.05) is 7.05 Å². The quantitative estimate of drug-likeness (QED) is 0.200. The van der Waals surface area contributed by atoms with Crippen LogP contribution in [0.25, 0.3) is 0 Å². The third kappa shape index (κ3) is 6.71. The molecule has 0 aromatic rings. The van der Waals surface area contributed by atoms with Gasteiger partial charge in [-0.1, -0.05) is 32.6 Å². The first-order valence-corrected chi connectivity index (χ1v) is 5.44. The molecule has 0 radical (unpaired) electrons. The van der Waals surface area contributed by atoms with Crippen molar-refractivity contribution in [3.8, 4) is 0 Å². The maximum Gasteiger partial charge on any atom is 0.205 e. The molecule has 14 heavy (non-hydrogen) atoms. The molecule has 1 unspecified atom stereocenters. The molecule has 0 rings (SSSR count). The van der Waals surface area contributed by atoms with Crippen LogP contribution in [-0.2, 0) is 0 Å². The number of unbranched alkanes of at least 4 members (excludes halogenated alkanes) is 3. The minimum Gasteiger partial charge on any atom is -0.353 e. The Labute approximate surface area is 87.3 Å². The highest BCUT2D eigenvalue weighted by Crippen LogP contribution is 2.04. The number of rotatable bonds is 6. The number of guanidine groups is 1. The van der Waals surface area contributed by atoms with Crippen LogP contribution in [0.5, 0.6) is 0 Å². The van der Waals surface area contributed by atoms with E-state index in [0.29, 0.717) is 12.0 Å². The fourth-order valence-electron chi connectivity index (χ4n) is 1.35. The van der Waals surface area contributed by atoms with E-state index >= 15 is 0 Å². The summed E-state index contributed by atoms with van der Waals surface area (Å²) in [4.78, 5) is 3.96. The number of hydrazine groups is 1. The number of aliphatic imine (C=N–C) groups is 1. The minimum absolute atomic E-state index is 0.432. The second-order valence-corrected chi connectivity index (χ2v) is 3.61. The van der Waals surface area contributed by atoms with Gasteiger partial charge in [0.1, 0.15) is 0 Å². The van der Waals surface area contributed by atoms with Gasteiger partial charge in [0.25, 0.3) is 0 Å². The molecule has 4 heteroatoms. The van der Waals surface area contributed by atoms with Gasteiger partial charge in [0.15, 0.2) is 0 Å². The van der Waals surface area contributed by atoms with Gasteiger partial charge >= 0.3 is 0 Å². The number of nitrogens with two attached hydrogens (primary N) is 1. The zero-order valence-corrected chi connectivity index (χ0v) is 9.64. The first-order chi connectivity index (χ1) is 6.74. The number of hydrogen-bond acceptors (Lipinski definition) is 2. The van der Waals surface area contributed by atoms with E-state index in [9.17, 15) is 0 Å². The lowest BCUT2D eigenvalue weighted by Crippen LogP contribution is -2.45. The van der Waals surface area contributed by atoms with Crippen molar-refractivity contribution in [3.63, 3.8) is 0 Å². The molecular weight excluding hydrogens is 176 g/mol. The summed E-state index contributed by atoms with van der Waals surface area (Å²) < 4.78 is 0. The Kier molecular flexibility index (Phi) is 8.33. The van der Waals surface area contributed by atoms with Crippen molar-refractivity contribution >= 4 is 5.96 Å². The summed E-state index contributed by atoms with van der Waals surface area (Å²) in [5.74, 6) is 5.92. The lowest BCUT2D eigenvalue weighted by molar-refractivity contribution is 0.538. The van der Waals surface area contributed by atoms with Gasteiger partial charge in [-0.15, -0.1) is 0 Å². The first-order valence-electron chi connectivity index (χ1n) is 5.44. The molecule has 0 heterocycles. The Morgan fingerprint density at radius 3 is 2.57 bits per heavy atom. The Bertz CT molecular complexity index is 156. The van der Waals surface area contributed by atoms with Crippen LogP contribution in [-0.4, -0.2) is 19.0 Å². The molecule has 0 amide bonds. The summed E-state index contributed by atoms with van der Waals surface area (Å²) in [6.07, 6.45) is 6.37. The molecule has 0 aliphatic carbocycles. The number of hydrogen-bond donors (Lipinski definition) is 3. The van der Waals surface area contributed by atoms with Crippen LogP contribution in [0.15, 0.2) is 4.99 Å². The molecule has 0 fully saturated rings. The standard InChI is InChI=1S/C10H24N4/c1-4-5-6-7-8-9(2)13-10(12-3)14-11/h9H,4-8,11H2,1-3H3,(H2,12,13,14). The van der Waals surface area contributed by atoms with Crippen molar-refractivity contribution in [2.45, 2.75) is 52.0 Å². The van der Waals surface area contributed by atoms with Crippen molar-refractivity contribution in [1.29, 1.82) is 0 Å². The predicted octanol–water partition coefficient (Wildman–Crippen LogP) is 1.38. The zero-order valence-electron chi connectivity index (χ0n) is 9.64. The van der Waals surface area contributed by atoms with E-state index in [4.69, 9.17) is 5.84 Å². The summed E-state index contributed by atoms with van der Waals surface area (Å²) in [6.45, 7) is 4.37. The smallest absolute Gasteiger partial charge is 0.205 e. The molecule has 0 bridgehead atoms. The zero-order chi connectivity index (χ0) is 10.8. The van der Waals surface area contributed by atoms with Gasteiger partial charge in [0.2, 0.25) is 5.96 Å². The SMILES string of the molecule is CCCCCCC(C)NC(=NC)NN. The van der Waals surface area contributed by atoms with Gasteiger partial charge in [-0.05, 0) is 13.3 Å². The Morgan fingerprint density at radius 1 is 1.36 bits per heavy atom. The van der Waals surface area contributed by atoms with E-state index in [-0.39, 0.29) is 0 Å². The van der Waals surface area contributed by atoms with Crippen LogP contribution in [0.1, 0.15) is 46.0 Å². The molecule has 0 aromatic carbocycles. The van der Waals surface area contributed by atoms with E-state index in [2.05, 4.69) is 29.6 Å². The number of nitrogens with one attached hydrogen (secondary N) is 2. The highest BCUT2D eigenvalue weighted by atomic mass is 15.3. The average Bonchev–Trinajstić information content (AvgIpc) is 2.21. The molecular formula is C10H24N4. The highest BCUT2D eigenvalue weighted by Gasteiger charge is 2.02. The van der Waals surface area contributed by atoms with Gasteiger partial charge in [0, 0.05) is 13.1 Å². The van der Waals surface area contributed by atoms with Crippen molar-refractivity contribution < 1.29 is 0 Å². The molecule has 0 spiro atoms. The molecule has 84 valence electrons. The lowest BCUT2D eigenvalue weighted by Gasteiger charge is -2.15. The van der Waals surface area contributed by atoms with Gasteiger partial charge in [-0.25, -0.2) is 5.84 Å². The van der Waals surface area contributed by atoms with E-state index in [0.717, 1.165) is 0 Å². The van der Waals surface area contributed by atoms with Gasteiger partial charge < -0.3 is 5.32 Å². The van der Waals surface area contributed by atoms with Gasteiger partial charge in [-0.3, -0.25) is 10.4 Å². The van der Waals surface area contributed by atoms with Crippen LogP contribution in [0.2, 0.25) is 0 Å². The van der Waals surface area contributed by atoms with Crippen molar-refractivity contribution in [1.82, 2.24) is 10.7 Å². The van der Waals surface area contributed by atoms with Gasteiger partial charge in [0.05, 0.1) is 0 Å². The van der Waals surface area contributed by atoms with Crippen LogP contribution in [0, 0.1) is 0 Å². The second-order valence-electron chi connectivity index (χ2n) is 3.61. The normalized spacial score (nSPS) is 13.9. The van der Waals surface area contributed by atoms with Crippen LogP contribution >= 0.6 is 0 Å². The molecule has 0 saturated carbocycles. The van der Waals surface area contributed by atoms with E-state index in [1.165, 1.54) is 32.1 Å². The maximum atomic E-state index is 5.26. The third-order valence-electron chi connectivity index (χ3n) is 2.23. The van der Waals surface area contributed by atoms with Crippen molar-refractivity contribution in [2.24, 2.45) is 10.8 Å². The molecule has 4 nitrogen and oxygen atoms in total. The van der Waals surface area contributed by atoms with E-state index < -0.39 is 0 Å². The van der Waals surface area contributed by atoms with Crippen LogP contribution in [0.4, 0.5) is 0 Å². The topological polar surface area (TPSA) is 62.4 Å². The van der Waals surface area contributed by atoms with Crippen LogP contribution < -0.4 is 16.6 Å². The summed E-state index contributed by atoms with van der Waals surface area (Å²) in [7, 11) is 1.71. The molecule has 0 aromatic heterocycles. The van der Waals surface area contributed by atoms with E-state index in [1.54, 1.807) is 7.05 Å². The summed E-state index contributed by atoms with van der Waals surface area (Å²) in [5, 5.41) is 3.21. The molecule has 4 N–H and O–H groups in total. The fourth-order valence-corrected chi connectivity index (χ4v) is 1.35. The molecule has 0 aliphatic rings.